The zero-order valence-corrected chi connectivity index (χ0v) is 10.5. The lowest BCUT2D eigenvalue weighted by Crippen LogP contribution is -2.55. The fourth-order valence-electron chi connectivity index (χ4n) is 2.68. The second-order valence-corrected chi connectivity index (χ2v) is 5.28. The first-order valence-corrected chi connectivity index (χ1v) is 6.53. The molecular weight excluding hydrogens is 202 g/mol. The largest absolute Gasteiger partial charge is 0.379 e. The highest BCUT2D eigenvalue weighted by atomic mass is 16.5. The molecule has 2 heterocycles. The second kappa shape index (κ2) is 5.45. The van der Waals surface area contributed by atoms with Crippen LogP contribution in [0.3, 0.4) is 0 Å². The Balaban J connectivity index is 1.72. The predicted octanol–water partition coefficient (Wildman–Crippen LogP) is 0.132. The van der Waals surface area contributed by atoms with Gasteiger partial charge in [0.15, 0.2) is 0 Å². The first kappa shape index (κ1) is 12.3. The maximum Gasteiger partial charge on any atom is 0.0659 e. The quantitative estimate of drug-likeness (QED) is 0.741. The van der Waals surface area contributed by atoms with Gasteiger partial charge in [-0.3, -0.25) is 4.90 Å². The van der Waals surface area contributed by atoms with Gasteiger partial charge in [0.2, 0.25) is 0 Å². The molecule has 94 valence electrons. The van der Waals surface area contributed by atoms with Crippen molar-refractivity contribution in [3.63, 3.8) is 0 Å². The number of hydrogen-bond donors (Lipinski definition) is 1. The van der Waals surface area contributed by atoms with E-state index in [0.29, 0.717) is 0 Å². The third-order valence-corrected chi connectivity index (χ3v) is 3.68. The number of hydrogen-bond acceptors (Lipinski definition) is 4. The summed E-state index contributed by atoms with van der Waals surface area (Å²) in [6.07, 6.45) is 2.27. The summed E-state index contributed by atoms with van der Waals surface area (Å²) >= 11 is 0. The van der Waals surface area contributed by atoms with Crippen molar-refractivity contribution >= 4 is 0 Å². The van der Waals surface area contributed by atoms with Crippen LogP contribution >= 0.6 is 0 Å². The SMILES string of the molecule is CCCN1CCN(CC2(N)CCOC2)CC1. The molecule has 0 aromatic heterocycles. The third-order valence-electron chi connectivity index (χ3n) is 3.68. The Bertz CT molecular complexity index is 208. The first-order chi connectivity index (χ1) is 7.72. The van der Waals surface area contributed by atoms with Crippen LogP contribution < -0.4 is 5.73 Å². The Hall–Kier alpha value is -0.160. The fraction of sp³-hybridized carbons (Fsp3) is 1.00. The van der Waals surface area contributed by atoms with Crippen LogP contribution in [0.2, 0.25) is 0 Å². The highest BCUT2D eigenvalue weighted by molar-refractivity contribution is 4.92. The standard InChI is InChI=1S/C12H25N3O/c1-2-4-14-5-7-15(8-6-14)10-12(13)3-9-16-11-12/h2-11,13H2,1H3. The van der Waals surface area contributed by atoms with Crippen molar-refractivity contribution in [2.45, 2.75) is 25.3 Å². The van der Waals surface area contributed by atoms with E-state index in [9.17, 15) is 0 Å². The Morgan fingerprint density at radius 3 is 2.44 bits per heavy atom. The summed E-state index contributed by atoms with van der Waals surface area (Å²) in [5.74, 6) is 0. The van der Waals surface area contributed by atoms with Gasteiger partial charge in [0, 0.05) is 39.3 Å². The van der Waals surface area contributed by atoms with E-state index in [1.165, 1.54) is 39.1 Å². The molecule has 2 saturated heterocycles. The Kier molecular flexibility index (Phi) is 4.19. The number of piperazine rings is 1. The van der Waals surface area contributed by atoms with Gasteiger partial charge in [0.05, 0.1) is 12.1 Å². The first-order valence-electron chi connectivity index (χ1n) is 6.53. The van der Waals surface area contributed by atoms with Gasteiger partial charge in [-0.05, 0) is 19.4 Å². The van der Waals surface area contributed by atoms with E-state index in [-0.39, 0.29) is 5.54 Å². The molecule has 4 heteroatoms. The molecule has 2 aliphatic rings. The van der Waals surface area contributed by atoms with Gasteiger partial charge in [0.1, 0.15) is 0 Å². The number of nitrogens with two attached hydrogens (primary N) is 1. The predicted molar refractivity (Wildman–Crippen MR) is 65.5 cm³/mol. The molecule has 1 atom stereocenters. The third kappa shape index (κ3) is 3.17. The lowest BCUT2D eigenvalue weighted by molar-refractivity contribution is 0.101. The minimum absolute atomic E-state index is 0.0765. The summed E-state index contributed by atoms with van der Waals surface area (Å²) in [4.78, 5) is 5.05. The fourth-order valence-corrected chi connectivity index (χ4v) is 2.68. The van der Waals surface area contributed by atoms with Crippen molar-refractivity contribution in [3.05, 3.63) is 0 Å². The van der Waals surface area contributed by atoms with E-state index < -0.39 is 0 Å². The molecule has 0 amide bonds. The molecule has 1 unspecified atom stereocenters. The van der Waals surface area contributed by atoms with Crippen molar-refractivity contribution in [1.29, 1.82) is 0 Å². The molecule has 0 aliphatic carbocycles. The summed E-state index contributed by atoms with van der Waals surface area (Å²) in [6.45, 7) is 10.8. The van der Waals surface area contributed by atoms with Crippen LogP contribution in [0.15, 0.2) is 0 Å². The molecule has 0 radical (unpaired) electrons. The summed E-state index contributed by atoms with van der Waals surface area (Å²) in [5, 5.41) is 0. The van der Waals surface area contributed by atoms with E-state index >= 15 is 0 Å². The molecule has 16 heavy (non-hydrogen) atoms. The van der Waals surface area contributed by atoms with Crippen molar-refractivity contribution < 1.29 is 4.74 Å². The number of nitrogens with zero attached hydrogens (tertiary/aromatic N) is 2. The Morgan fingerprint density at radius 2 is 1.88 bits per heavy atom. The molecule has 0 aromatic rings. The maximum atomic E-state index is 6.30. The molecule has 0 saturated carbocycles. The zero-order valence-electron chi connectivity index (χ0n) is 10.5. The monoisotopic (exact) mass is 227 g/mol. The van der Waals surface area contributed by atoms with Crippen LogP contribution in [0.1, 0.15) is 19.8 Å². The zero-order chi connectivity index (χ0) is 11.4. The van der Waals surface area contributed by atoms with Gasteiger partial charge in [-0.1, -0.05) is 6.92 Å². The number of rotatable bonds is 4. The van der Waals surface area contributed by atoms with Crippen LogP contribution in [-0.4, -0.2) is 67.8 Å². The van der Waals surface area contributed by atoms with Crippen molar-refractivity contribution in [1.82, 2.24) is 9.80 Å². The smallest absolute Gasteiger partial charge is 0.0659 e. The lowest BCUT2D eigenvalue weighted by atomic mass is 9.99. The summed E-state index contributed by atoms with van der Waals surface area (Å²) in [6, 6.07) is 0. The lowest BCUT2D eigenvalue weighted by Gasteiger charge is -2.38. The van der Waals surface area contributed by atoms with Gasteiger partial charge >= 0.3 is 0 Å². The van der Waals surface area contributed by atoms with E-state index in [0.717, 1.165) is 26.2 Å². The molecule has 0 spiro atoms. The maximum absolute atomic E-state index is 6.30. The second-order valence-electron chi connectivity index (χ2n) is 5.28. The van der Waals surface area contributed by atoms with E-state index in [1.54, 1.807) is 0 Å². The molecule has 2 fully saturated rings. The van der Waals surface area contributed by atoms with Crippen molar-refractivity contribution in [2.24, 2.45) is 5.73 Å². The van der Waals surface area contributed by atoms with Gasteiger partial charge in [-0.15, -0.1) is 0 Å². The summed E-state index contributed by atoms with van der Waals surface area (Å²) in [7, 11) is 0. The van der Waals surface area contributed by atoms with Crippen LogP contribution in [0.25, 0.3) is 0 Å². The normalized spacial score (nSPS) is 33.4. The molecule has 0 aromatic carbocycles. The minimum atomic E-state index is -0.0765. The number of ether oxygens (including phenoxy) is 1. The van der Waals surface area contributed by atoms with Gasteiger partial charge in [0.25, 0.3) is 0 Å². The summed E-state index contributed by atoms with van der Waals surface area (Å²) in [5.41, 5.74) is 6.23. The van der Waals surface area contributed by atoms with Crippen LogP contribution in [0.4, 0.5) is 0 Å². The van der Waals surface area contributed by atoms with Crippen LogP contribution in [0, 0.1) is 0 Å². The highest BCUT2D eigenvalue weighted by Gasteiger charge is 2.33. The highest BCUT2D eigenvalue weighted by Crippen LogP contribution is 2.17. The van der Waals surface area contributed by atoms with Crippen molar-refractivity contribution in [3.8, 4) is 0 Å². The molecule has 0 bridgehead atoms. The average Bonchev–Trinajstić information content (AvgIpc) is 2.68. The average molecular weight is 227 g/mol. The summed E-state index contributed by atoms with van der Waals surface area (Å²) < 4.78 is 5.40. The van der Waals surface area contributed by atoms with Gasteiger partial charge < -0.3 is 15.4 Å². The van der Waals surface area contributed by atoms with Crippen molar-refractivity contribution in [2.75, 3.05) is 52.5 Å². The minimum Gasteiger partial charge on any atom is -0.379 e. The molecule has 2 rings (SSSR count). The Labute approximate surface area is 98.7 Å². The van der Waals surface area contributed by atoms with Gasteiger partial charge in [-0.25, -0.2) is 0 Å². The van der Waals surface area contributed by atoms with Crippen LogP contribution in [0.5, 0.6) is 0 Å². The topological polar surface area (TPSA) is 41.7 Å². The van der Waals surface area contributed by atoms with E-state index in [1.807, 2.05) is 0 Å². The van der Waals surface area contributed by atoms with E-state index in [4.69, 9.17) is 10.5 Å². The van der Waals surface area contributed by atoms with Crippen LogP contribution in [-0.2, 0) is 4.74 Å². The molecule has 2 aliphatic heterocycles. The Morgan fingerprint density at radius 1 is 1.19 bits per heavy atom. The van der Waals surface area contributed by atoms with E-state index in [2.05, 4.69) is 16.7 Å². The molecule has 4 nitrogen and oxygen atoms in total. The molecule has 2 N–H and O–H groups in total. The van der Waals surface area contributed by atoms with Gasteiger partial charge in [-0.2, -0.15) is 0 Å². The molecular formula is C12H25N3O.